The highest BCUT2D eigenvalue weighted by molar-refractivity contribution is 8.00. The van der Waals surface area contributed by atoms with Crippen LogP contribution in [0.15, 0.2) is 0 Å². The molecule has 0 bridgehead atoms. The van der Waals surface area contributed by atoms with E-state index >= 15 is 0 Å². The van der Waals surface area contributed by atoms with Crippen molar-refractivity contribution in [3.05, 3.63) is 0 Å². The fourth-order valence-corrected chi connectivity index (χ4v) is 1.75. The molecule has 0 spiro atoms. The SMILES string of the molecule is CCC(C)SC(C#N)C(C)C. The molecule has 0 heterocycles. The quantitative estimate of drug-likeness (QED) is 0.649. The Kier molecular flexibility index (Phi) is 5.41. The number of nitrogens with zero attached hydrogens (tertiary/aromatic N) is 1. The second-order valence-corrected chi connectivity index (χ2v) is 4.73. The lowest BCUT2D eigenvalue weighted by atomic mass is 10.1. The molecule has 0 aliphatic heterocycles. The van der Waals surface area contributed by atoms with Gasteiger partial charge in [-0.1, -0.05) is 27.7 Å². The Balaban J connectivity index is 3.80. The van der Waals surface area contributed by atoms with Crippen molar-refractivity contribution in [3.63, 3.8) is 0 Å². The third-order valence-corrected chi connectivity index (χ3v) is 3.43. The minimum Gasteiger partial charge on any atom is -0.197 e. The van der Waals surface area contributed by atoms with Gasteiger partial charge in [-0.2, -0.15) is 5.26 Å². The van der Waals surface area contributed by atoms with Crippen LogP contribution in [0.3, 0.4) is 0 Å². The van der Waals surface area contributed by atoms with Crippen LogP contribution in [0, 0.1) is 17.2 Å². The van der Waals surface area contributed by atoms with Crippen molar-refractivity contribution in [2.75, 3.05) is 0 Å². The number of thioether (sulfide) groups is 1. The molecule has 0 aliphatic carbocycles. The lowest BCUT2D eigenvalue weighted by molar-refractivity contribution is 0.681. The molecule has 0 aromatic rings. The minimum atomic E-state index is 0.171. The highest BCUT2D eigenvalue weighted by atomic mass is 32.2. The Morgan fingerprint density at radius 1 is 1.36 bits per heavy atom. The molecular formula is C9H17NS. The lowest BCUT2D eigenvalue weighted by Gasteiger charge is -2.16. The van der Waals surface area contributed by atoms with Crippen molar-refractivity contribution >= 4 is 11.8 Å². The van der Waals surface area contributed by atoms with Crippen LogP contribution in [-0.4, -0.2) is 10.5 Å². The average molecular weight is 171 g/mol. The van der Waals surface area contributed by atoms with Gasteiger partial charge in [0.2, 0.25) is 0 Å². The fourth-order valence-electron chi connectivity index (χ4n) is 0.683. The van der Waals surface area contributed by atoms with E-state index in [1.807, 2.05) is 0 Å². The molecule has 0 radical (unpaired) electrons. The summed E-state index contributed by atoms with van der Waals surface area (Å²) < 4.78 is 0. The van der Waals surface area contributed by atoms with Crippen molar-refractivity contribution in [3.8, 4) is 6.07 Å². The molecular weight excluding hydrogens is 154 g/mol. The van der Waals surface area contributed by atoms with Crippen molar-refractivity contribution < 1.29 is 0 Å². The molecule has 0 rings (SSSR count). The third-order valence-electron chi connectivity index (χ3n) is 1.69. The number of hydrogen-bond donors (Lipinski definition) is 0. The topological polar surface area (TPSA) is 23.8 Å². The summed E-state index contributed by atoms with van der Waals surface area (Å²) >= 11 is 1.79. The number of hydrogen-bond acceptors (Lipinski definition) is 2. The summed E-state index contributed by atoms with van der Waals surface area (Å²) in [4.78, 5) is 0. The lowest BCUT2D eigenvalue weighted by Crippen LogP contribution is -2.12. The first-order valence-electron chi connectivity index (χ1n) is 4.16. The molecule has 0 amide bonds. The first-order valence-corrected chi connectivity index (χ1v) is 5.11. The third kappa shape index (κ3) is 4.31. The summed E-state index contributed by atoms with van der Waals surface area (Å²) in [6, 6.07) is 2.33. The van der Waals surface area contributed by atoms with Crippen LogP contribution in [-0.2, 0) is 0 Å². The van der Waals surface area contributed by atoms with Gasteiger partial charge in [0.25, 0.3) is 0 Å². The monoisotopic (exact) mass is 171 g/mol. The van der Waals surface area contributed by atoms with Gasteiger partial charge >= 0.3 is 0 Å². The molecule has 0 aromatic carbocycles. The van der Waals surface area contributed by atoms with Crippen LogP contribution in [0.4, 0.5) is 0 Å². The van der Waals surface area contributed by atoms with Crippen LogP contribution >= 0.6 is 11.8 Å². The molecule has 1 nitrogen and oxygen atoms in total. The molecule has 0 saturated heterocycles. The van der Waals surface area contributed by atoms with E-state index in [2.05, 4.69) is 33.8 Å². The molecule has 0 N–H and O–H groups in total. The fraction of sp³-hybridized carbons (Fsp3) is 0.889. The molecule has 2 heteroatoms. The van der Waals surface area contributed by atoms with Crippen LogP contribution < -0.4 is 0 Å². The molecule has 0 saturated carbocycles. The maximum atomic E-state index is 8.77. The normalized spacial score (nSPS) is 16.0. The standard InChI is InChI=1S/C9H17NS/c1-5-8(4)11-9(6-10)7(2)3/h7-9H,5H2,1-4H3. The van der Waals surface area contributed by atoms with Gasteiger partial charge in [0.15, 0.2) is 0 Å². The Morgan fingerprint density at radius 2 is 1.91 bits per heavy atom. The maximum Gasteiger partial charge on any atom is 0.0942 e. The van der Waals surface area contributed by atoms with Crippen LogP contribution in [0.2, 0.25) is 0 Å². The van der Waals surface area contributed by atoms with E-state index in [4.69, 9.17) is 5.26 Å². The molecule has 2 unspecified atom stereocenters. The number of rotatable bonds is 4. The molecule has 11 heavy (non-hydrogen) atoms. The minimum absolute atomic E-state index is 0.171. The summed E-state index contributed by atoms with van der Waals surface area (Å²) in [7, 11) is 0. The zero-order valence-electron chi connectivity index (χ0n) is 7.79. The predicted octanol–water partition coefficient (Wildman–Crippen LogP) is 3.07. The predicted molar refractivity (Wildman–Crippen MR) is 51.6 cm³/mol. The van der Waals surface area contributed by atoms with Crippen molar-refractivity contribution in [2.24, 2.45) is 5.92 Å². The van der Waals surface area contributed by atoms with Crippen LogP contribution in [0.25, 0.3) is 0 Å². The Bertz CT molecular complexity index is 137. The first kappa shape index (κ1) is 10.8. The maximum absolute atomic E-state index is 8.77. The van der Waals surface area contributed by atoms with Gasteiger partial charge in [0, 0.05) is 5.25 Å². The van der Waals surface area contributed by atoms with Crippen LogP contribution in [0.1, 0.15) is 34.1 Å². The zero-order chi connectivity index (χ0) is 8.85. The summed E-state index contributed by atoms with van der Waals surface area (Å²) in [6.07, 6.45) is 1.15. The van der Waals surface area contributed by atoms with E-state index in [9.17, 15) is 0 Å². The van der Waals surface area contributed by atoms with Gasteiger partial charge < -0.3 is 0 Å². The first-order chi connectivity index (χ1) is 5.11. The van der Waals surface area contributed by atoms with E-state index in [1.165, 1.54) is 0 Å². The van der Waals surface area contributed by atoms with E-state index < -0.39 is 0 Å². The van der Waals surface area contributed by atoms with Gasteiger partial charge in [-0.15, -0.1) is 11.8 Å². The summed E-state index contributed by atoms with van der Waals surface area (Å²) in [5, 5.41) is 9.55. The van der Waals surface area contributed by atoms with Gasteiger partial charge in [0.05, 0.1) is 11.3 Å². The Hall–Kier alpha value is -0.160. The summed E-state index contributed by atoms with van der Waals surface area (Å²) in [5.74, 6) is 0.471. The van der Waals surface area contributed by atoms with Crippen molar-refractivity contribution in [2.45, 2.75) is 44.6 Å². The van der Waals surface area contributed by atoms with Crippen molar-refractivity contribution in [1.29, 1.82) is 5.26 Å². The Labute approximate surface area is 74.2 Å². The van der Waals surface area contributed by atoms with Gasteiger partial charge in [0.1, 0.15) is 0 Å². The molecule has 2 atom stereocenters. The van der Waals surface area contributed by atoms with E-state index in [0.717, 1.165) is 6.42 Å². The molecule has 0 aromatic heterocycles. The van der Waals surface area contributed by atoms with E-state index in [-0.39, 0.29) is 5.25 Å². The summed E-state index contributed by atoms with van der Waals surface area (Å²) in [6.45, 7) is 8.54. The molecule has 64 valence electrons. The van der Waals surface area contributed by atoms with Gasteiger partial charge in [-0.05, 0) is 12.3 Å². The molecule has 0 aliphatic rings. The largest absolute Gasteiger partial charge is 0.197 e. The highest BCUT2D eigenvalue weighted by Gasteiger charge is 2.15. The number of nitriles is 1. The van der Waals surface area contributed by atoms with E-state index in [0.29, 0.717) is 11.2 Å². The van der Waals surface area contributed by atoms with Gasteiger partial charge in [-0.3, -0.25) is 0 Å². The highest BCUT2D eigenvalue weighted by Crippen LogP contribution is 2.24. The van der Waals surface area contributed by atoms with E-state index in [1.54, 1.807) is 11.8 Å². The second-order valence-electron chi connectivity index (χ2n) is 3.15. The summed E-state index contributed by atoms with van der Waals surface area (Å²) in [5.41, 5.74) is 0. The average Bonchev–Trinajstić information content (AvgIpc) is 1.99. The smallest absolute Gasteiger partial charge is 0.0942 e. The van der Waals surface area contributed by atoms with Gasteiger partial charge in [-0.25, -0.2) is 0 Å². The van der Waals surface area contributed by atoms with Crippen molar-refractivity contribution in [1.82, 2.24) is 0 Å². The van der Waals surface area contributed by atoms with Crippen LogP contribution in [0.5, 0.6) is 0 Å². The zero-order valence-corrected chi connectivity index (χ0v) is 8.61. The second kappa shape index (κ2) is 5.49. The molecule has 0 fully saturated rings. The Morgan fingerprint density at radius 3 is 2.18 bits per heavy atom.